The second-order valence-electron chi connectivity index (χ2n) is 4.69. The zero-order valence-corrected chi connectivity index (χ0v) is 12.0. The Morgan fingerprint density at radius 1 is 1.45 bits per heavy atom. The quantitative estimate of drug-likeness (QED) is 0.793. The molecule has 20 heavy (non-hydrogen) atoms. The standard InChI is InChI=1S/C14H21FN2O3/c1-9(7-19-3)17-14(18)8-20-13-5-4-11(10(2)16)6-12(13)15/h4-6,9-10H,7-8,16H2,1-3H3,(H,17,18)/t9?,10-/m0/s1. The zero-order chi connectivity index (χ0) is 15.1. The molecule has 0 aliphatic carbocycles. The van der Waals surface area contributed by atoms with Gasteiger partial charge in [-0.3, -0.25) is 4.79 Å². The highest BCUT2D eigenvalue weighted by Gasteiger charge is 2.11. The maximum Gasteiger partial charge on any atom is 0.258 e. The highest BCUT2D eigenvalue weighted by atomic mass is 19.1. The molecule has 3 N–H and O–H groups in total. The summed E-state index contributed by atoms with van der Waals surface area (Å²) in [5.41, 5.74) is 6.33. The lowest BCUT2D eigenvalue weighted by Crippen LogP contribution is -2.38. The second kappa shape index (κ2) is 7.81. The van der Waals surface area contributed by atoms with Gasteiger partial charge in [-0.25, -0.2) is 4.39 Å². The fraction of sp³-hybridized carbons (Fsp3) is 0.500. The maximum atomic E-state index is 13.7. The number of ether oxygens (including phenoxy) is 2. The smallest absolute Gasteiger partial charge is 0.258 e. The summed E-state index contributed by atoms with van der Waals surface area (Å²) in [5.74, 6) is -0.827. The van der Waals surface area contributed by atoms with Crippen molar-refractivity contribution in [2.45, 2.75) is 25.9 Å². The predicted octanol–water partition coefficient (Wildman–Crippen LogP) is 1.38. The van der Waals surface area contributed by atoms with Gasteiger partial charge in [0.1, 0.15) is 0 Å². The molecule has 0 bridgehead atoms. The monoisotopic (exact) mass is 284 g/mol. The first-order chi connectivity index (χ1) is 9.43. The Hall–Kier alpha value is -1.66. The van der Waals surface area contributed by atoms with E-state index in [-0.39, 0.29) is 30.3 Å². The fourth-order valence-corrected chi connectivity index (χ4v) is 1.67. The third-order valence-corrected chi connectivity index (χ3v) is 2.66. The van der Waals surface area contributed by atoms with Gasteiger partial charge in [0, 0.05) is 19.2 Å². The first kappa shape index (κ1) is 16.4. The van der Waals surface area contributed by atoms with E-state index in [9.17, 15) is 9.18 Å². The number of hydrogen-bond donors (Lipinski definition) is 2. The fourth-order valence-electron chi connectivity index (χ4n) is 1.67. The first-order valence-electron chi connectivity index (χ1n) is 6.40. The van der Waals surface area contributed by atoms with Crippen LogP contribution < -0.4 is 15.8 Å². The van der Waals surface area contributed by atoms with E-state index in [1.807, 2.05) is 0 Å². The molecule has 1 rings (SSSR count). The maximum absolute atomic E-state index is 13.7. The number of benzene rings is 1. The molecule has 1 amide bonds. The molecule has 0 radical (unpaired) electrons. The van der Waals surface area contributed by atoms with E-state index in [0.717, 1.165) is 0 Å². The number of methoxy groups -OCH3 is 1. The Morgan fingerprint density at radius 3 is 2.70 bits per heavy atom. The van der Waals surface area contributed by atoms with E-state index in [0.29, 0.717) is 12.2 Å². The van der Waals surface area contributed by atoms with Crippen LogP contribution >= 0.6 is 0 Å². The Morgan fingerprint density at radius 2 is 2.15 bits per heavy atom. The minimum Gasteiger partial charge on any atom is -0.481 e. The van der Waals surface area contributed by atoms with Crippen molar-refractivity contribution in [1.82, 2.24) is 5.32 Å². The van der Waals surface area contributed by atoms with Crippen LogP contribution in [0.5, 0.6) is 5.75 Å². The molecule has 1 unspecified atom stereocenters. The van der Waals surface area contributed by atoms with Gasteiger partial charge in [-0.2, -0.15) is 0 Å². The van der Waals surface area contributed by atoms with Crippen LogP contribution in [-0.4, -0.2) is 32.3 Å². The van der Waals surface area contributed by atoms with Crippen molar-refractivity contribution >= 4 is 5.91 Å². The van der Waals surface area contributed by atoms with Crippen LogP contribution in [0.15, 0.2) is 18.2 Å². The van der Waals surface area contributed by atoms with Crippen LogP contribution in [0.25, 0.3) is 0 Å². The molecule has 0 fully saturated rings. The summed E-state index contributed by atoms with van der Waals surface area (Å²) in [6.45, 7) is 3.73. The lowest BCUT2D eigenvalue weighted by Gasteiger charge is -2.14. The minimum absolute atomic E-state index is 0.0314. The number of nitrogens with one attached hydrogen (secondary N) is 1. The molecule has 6 heteroatoms. The highest BCUT2D eigenvalue weighted by Crippen LogP contribution is 2.20. The zero-order valence-electron chi connectivity index (χ0n) is 12.0. The minimum atomic E-state index is -0.530. The lowest BCUT2D eigenvalue weighted by molar-refractivity contribution is -0.124. The molecule has 2 atom stereocenters. The summed E-state index contributed by atoms with van der Waals surface area (Å²) in [4.78, 5) is 11.6. The molecule has 1 aromatic rings. The van der Waals surface area contributed by atoms with Crippen LogP contribution in [0, 0.1) is 5.82 Å². The average molecular weight is 284 g/mol. The van der Waals surface area contributed by atoms with E-state index in [4.69, 9.17) is 15.2 Å². The van der Waals surface area contributed by atoms with Gasteiger partial charge < -0.3 is 20.5 Å². The summed E-state index contributed by atoms with van der Waals surface area (Å²) >= 11 is 0. The van der Waals surface area contributed by atoms with Gasteiger partial charge in [-0.15, -0.1) is 0 Å². The van der Waals surface area contributed by atoms with Crippen molar-refractivity contribution in [3.8, 4) is 5.75 Å². The molecule has 0 spiro atoms. The molecule has 0 heterocycles. The summed E-state index contributed by atoms with van der Waals surface area (Å²) in [6.07, 6.45) is 0. The number of nitrogens with two attached hydrogens (primary N) is 1. The third kappa shape index (κ3) is 5.14. The number of carbonyl (C=O) groups excluding carboxylic acids is 1. The van der Waals surface area contributed by atoms with E-state index < -0.39 is 5.82 Å². The summed E-state index contributed by atoms with van der Waals surface area (Å²) in [6, 6.07) is 4.08. The van der Waals surface area contributed by atoms with Crippen LogP contribution in [-0.2, 0) is 9.53 Å². The summed E-state index contributed by atoms with van der Waals surface area (Å²) < 4.78 is 23.8. The molecule has 0 aromatic heterocycles. The van der Waals surface area contributed by atoms with Crippen molar-refractivity contribution in [3.05, 3.63) is 29.6 Å². The van der Waals surface area contributed by atoms with Crippen molar-refractivity contribution < 1.29 is 18.7 Å². The molecule has 0 aliphatic rings. The molecule has 112 valence electrons. The van der Waals surface area contributed by atoms with E-state index in [2.05, 4.69) is 5.32 Å². The third-order valence-electron chi connectivity index (χ3n) is 2.66. The Balaban J connectivity index is 2.51. The topological polar surface area (TPSA) is 73.6 Å². The van der Waals surface area contributed by atoms with Gasteiger partial charge in [0.25, 0.3) is 5.91 Å². The van der Waals surface area contributed by atoms with Crippen molar-refractivity contribution in [1.29, 1.82) is 0 Å². The lowest BCUT2D eigenvalue weighted by atomic mass is 10.1. The van der Waals surface area contributed by atoms with E-state index in [1.54, 1.807) is 27.0 Å². The van der Waals surface area contributed by atoms with Crippen molar-refractivity contribution in [2.75, 3.05) is 20.3 Å². The summed E-state index contributed by atoms with van der Waals surface area (Å²) in [7, 11) is 1.55. The van der Waals surface area contributed by atoms with Gasteiger partial charge in [-0.05, 0) is 31.5 Å². The molecular weight excluding hydrogens is 263 g/mol. The molecule has 0 saturated heterocycles. The van der Waals surface area contributed by atoms with E-state index in [1.165, 1.54) is 12.1 Å². The molecule has 0 saturated carbocycles. The highest BCUT2D eigenvalue weighted by molar-refractivity contribution is 5.77. The first-order valence-corrected chi connectivity index (χ1v) is 6.40. The Bertz CT molecular complexity index is 452. The van der Waals surface area contributed by atoms with Crippen LogP contribution in [0.3, 0.4) is 0 Å². The van der Waals surface area contributed by atoms with Crippen LogP contribution in [0.4, 0.5) is 4.39 Å². The molecule has 5 nitrogen and oxygen atoms in total. The van der Waals surface area contributed by atoms with Crippen molar-refractivity contribution in [3.63, 3.8) is 0 Å². The second-order valence-corrected chi connectivity index (χ2v) is 4.69. The predicted molar refractivity (Wildman–Crippen MR) is 74.0 cm³/mol. The van der Waals surface area contributed by atoms with E-state index >= 15 is 0 Å². The number of hydrogen-bond acceptors (Lipinski definition) is 4. The van der Waals surface area contributed by atoms with Gasteiger partial charge in [0.2, 0.25) is 0 Å². The number of halogens is 1. The summed E-state index contributed by atoms with van der Waals surface area (Å²) in [5, 5.41) is 2.67. The largest absolute Gasteiger partial charge is 0.481 e. The van der Waals surface area contributed by atoms with Gasteiger partial charge in [0.15, 0.2) is 18.2 Å². The van der Waals surface area contributed by atoms with Gasteiger partial charge in [-0.1, -0.05) is 6.07 Å². The Kier molecular flexibility index (Phi) is 6.41. The SMILES string of the molecule is COCC(C)NC(=O)COc1ccc([C@H](C)N)cc1F. The number of rotatable bonds is 7. The van der Waals surface area contributed by atoms with Gasteiger partial charge in [0.05, 0.1) is 6.61 Å². The van der Waals surface area contributed by atoms with Crippen molar-refractivity contribution in [2.24, 2.45) is 5.73 Å². The number of carbonyl (C=O) groups is 1. The molecule has 0 aliphatic heterocycles. The van der Waals surface area contributed by atoms with Gasteiger partial charge >= 0.3 is 0 Å². The average Bonchev–Trinajstić information content (AvgIpc) is 2.37. The Labute approximate surface area is 118 Å². The molecular formula is C14H21FN2O3. The molecule has 1 aromatic carbocycles. The van der Waals surface area contributed by atoms with Crippen LogP contribution in [0.2, 0.25) is 0 Å². The van der Waals surface area contributed by atoms with Crippen LogP contribution in [0.1, 0.15) is 25.5 Å². The number of amides is 1. The normalized spacial score (nSPS) is 13.7.